The molecule has 0 fully saturated rings. The molecule has 168 valence electrons. The topological polar surface area (TPSA) is 54.9 Å². The molecule has 6 nitrogen and oxygen atoms in total. The number of thiazole rings is 1. The van der Waals surface area contributed by atoms with E-state index in [-0.39, 0.29) is 18.3 Å². The monoisotopic (exact) mass is 503 g/mol. The van der Waals surface area contributed by atoms with E-state index in [2.05, 4.69) is 4.90 Å². The molecule has 0 aliphatic rings. The second kappa shape index (κ2) is 11.2. The lowest BCUT2D eigenvalue weighted by atomic mass is 10.2. The molecule has 0 unspecified atom stereocenters. The van der Waals surface area contributed by atoms with Crippen LogP contribution in [0.5, 0.6) is 11.5 Å². The summed E-state index contributed by atoms with van der Waals surface area (Å²) < 4.78 is 11.7. The van der Waals surface area contributed by atoms with Crippen LogP contribution in [0.2, 0.25) is 10.0 Å². The number of fused-ring (bicyclic) bond motifs is 1. The van der Waals surface area contributed by atoms with E-state index in [4.69, 9.17) is 37.7 Å². The fourth-order valence-corrected chi connectivity index (χ4v) is 4.36. The Bertz CT molecular complexity index is 1020. The van der Waals surface area contributed by atoms with Gasteiger partial charge in [-0.1, -0.05) is 34.5 Å². The molecular formula is C21H24Cl3N3O3S. The SMILES string of the molecule is COc1cc2nc(N(CCCN(C)C)C(=O)c3cc(Cl)ccc3Cl)sc2cc1OC.Cl. The molecule has 0 aliphatic carbocycles. The number of methoxy groups -OCH3 is 2. The average Bonchev–Trinajstić information content (AvgIpc) is 3.13. The van der Waals surface area contributed by atoms with Gasteiger partial charge in [0.15, 0.2) is 16.6 Å². The van der Waals surface area contributed by atoms with Crippen LogP contribution in [-0.4, -0.2) is 57.2 Å². The summed E-state index contributed by atoms with van der Waals surface area (Å²) in [6, 6.07) is 8.55. The van der Waals surface area contributed by atoms with Gasteiger partial charge in [0.1, 0.15) is 0 Å². The van der Waals surface area contributed by atoms with Gasteiger partial charge in [-0.15, -0.1) is 12.4 Å². The number of halogens is 3. The van der Waals surface area contributed by atoms with Crippen LogP contribution < -0.4 is 14.4 Å². The molecule has 0 saturated heterocycles. The van der Waals surface area contributed by atoms with Crippen molar-refractivity contribution in [3.8, 4) is 11.5 Å². The predicted octanol–water partition coefficient (Wildman–Crippen LogP) is 5.64. The maximum absolute atomic E-state index is 13.4. The Morgan fingerprint density at radius 3 is 2.39 bits per heavy atom. The largest absolute Gasteiger partial charge is 0.493 e. The van der Waals surface area contributed by atoms with Crippen LogP contribution in [-0.2, 0) is 0 Å². The summed E-state index contributed by atoms with van der Waals surface area (Å²) in [5.41, 5.74) is 1.08. The van der Waals surface area contributed by atoms with E-state index < -0.39 is 0 Å². The fraction of sp³-hybridized carbons (Fsp3) is 0.333. The summed E-state index contributed by atoms with van der Waals surface area (Å²) in [4.78, 5) is 21.8. The normalized spacial score (nSPS) is 10.8. The van der Waals surface area contributed by atoms with Gasteiger partial charge in [-0.25, -0.2) is 4.98 Å². The minimum absolute atomic E-state index is 0. The lowest BCUT2D eigenvalue weighted by Gasteiger charge is -2.21. The van der Waals surface area contributed by atoms with Crippen molar-refractivity contribution in [2.75, 3.05) is 46.3 Å². The number of hydrogen-bond donors (Lipinski definition) is 0. The maximum atomic E-state index is 13.4. The van der Waals surface area contributed by atoms with E-state index in [0.717, 1.165) is 23.2 Å². The summed E-state index contributed by atoms with van der Waals surface area (Å²) in [6.45, 7) is 1.33. The molecule has 0 N–H and O–H groups in total. The number of nitrogens with zero attached hydrogens (tertiary/aromatic N) is 3. The standard InChI is InChI=1S/C21H23Cl2N3O3S.ClH/c1-25(2)8-5-9-26(20(27)14-10-13(22)6-7-15(14)23)21-24-16-11-17(28-3)18(29-4)12-19(16)30-21;/h6-7,10-12H,5,8-9H2,1-4H3;1H. The molecule has 0 aliphatic heterocycles. The lowest BCUT2D eigenvalue weighted by Crippen LogP contribution is -2.33. The second-order valence-electron chi connectivity index (χ2n) is 6.91. The van der Waals surface area contributed by atoms with Gasteiger partial charge in [0.05, 0.1) is 35.0 Å². The average molecular weight is 505 g/mol. The molecule has 3 rings (SSSR count). The molecule has 0 saturated carbocycles. The van der Waals surface area contributed by atoms with Crippen molar-refractivity contribution in [1.82, 2.24) is 9.88 Å². The first-order valence-electron chi connectivity index (χ1n) is 9.28. The van der Waals surface area contributed by atoms with Crippen molar-refractivity contribution < 1.29 is 14.3 Å². The van der Waals surface area contributed by atoms with Crippen LogP contribution in [0.3, 0.4) is 0 Å². The number of aromatic nitrogens is 1. The van der Waals surface area contributed by atoms with E-state index >= 15 is 0 Å². The number of anilines is 1. The Morgan fingerprint density at radius 1 is 1.06 bits per heavy atom. The molecular weight excluding hydrogens is 481 g/mol. The molecule has 2 aromatic carbocycles. The summed E-state index contributed by atoms with van der Waals surface area (Å²) >= 11 is 13.8. The van der Waals surface area contributed by atoms with Crippen LogP contribution >= 0.6 is 46.9 Å². The van der Waals surface area contributed by atoms with Crippen LogP contribution in [0.25, 0.3) is 10.2 Å². The van der Waals surface area contributed by atoms with Gasteiger partial charge in [-0.05, 0) is 45.3 Å². The summed E-state index contributed by atoms with van der Waals surface area (Å²) in [5.74, 6) is 0.966. The highest BCUT2D eigenvalue weighted by Crippen LogP contribution is 2.38. The number of carbonyl (C=O) groups excluding carboxylic acids is 1. The zero-order valence-electron chi connectivity index (χ0n) is 17.6. The summed E-state index contributed by atoms with van der Waals surface area (Å²) in [7, 11) is 7.16. The lowest BCUT2D eigenvalue weighted by molar-refractivity contribution is 0.0986. The quantitative estimate of drug-likeness (QED) is 0.397. The highest BCUT2D eigenvalue weighted by atomic mass is 35.5. The molecule has 0 spiro atoms. The minimum atomic E-state index is -0.237. The van der Waals surface area contributed by atoms with Gasteiger partial charge in [-0.2, -0.15) is 0 Å². The predicted molar refractivity (Wildman–Crippen MR) is 131 cm³/mol. The number of amides is 1. The molecule has 10 heteroatoms. The number of ether oxygens (including phenoxy) is 2. The van der Waals surface area contributed by atoms with Crippen molar-refractivity contribution in [3.05, 3.63) is 45.9 Å². The molecule has 1 heterocycles. The zero-order valence-corrected chi connectivity index (χ0v) is 20.8. The maximum Gasteiger partial charge on any atom is 0.261 e. The number of carbonyl (C=O) groups is 1. The first-order valence-corrected chi connectivity index (χ1v) is 10.9. The highest BCUT2D eigenvalue weighted by Gasteiger charge is 2.24. The van der Waals surface area contributed by atoms with Crippen molar-refractivity contribution >= 4 is 68.2 Å². The molecule has 0 radical (unpaired) electrons. The highest BCUT2D eigenvalue weighted by molar-refractivity contribution is 7.22. The Hall–Kier alpha value is -1.77. The summed E-state index contributed by atoms with van der Waals surface area (Å²) in [5, 5.41) is 1.39. The van der Waals surface area contributed by atoms with Gasteiger partial charge in [0.25, 0.3) is 5.91 Å². The third kappa shape index (κ3) is 5.93. The Morgan fingerprint density at radius 2 is 1.74 bits per heavy atom. The molecule has 1 amide bonds. The van der Waals surface area contributed by atoms with Crippen LogP contribution in [0.1, 0.15) is 16.8 Å². The molecule has 0 bridgehead atoms. The van der Waals surface area contributed by atoms with Crippen LogP contribution in [0, 0.1) is 0 Å². The van der Waals surface area contributed by atoms with Crippen molar-refractivity contribution in [2.24, 2.45) is 0 Å². The van der Waals surface area contributed by atoms with E-state index in [9.17, 15) is 4.79 Å². The smallest absolute Gasteiger partial charge is 0.261 e. The third-order valence-corrected chi connectivity index (χ3v) is 6.11. The Labute approximate surface area is 202 Å². The number of rotatable bonds is 8. The van der Waals surface area contributed by atoms with Gasteiger partial charge in [0.2, 0.25) is 0 Å². The van der Waals surface area contributed by atoms with Gasteiger partial charge in [0, 0.05) is 23.7 Å². The van der Waals surface area contributed by atoms with Gasteiger partial charge >= 0.3 is 0 Å². The number of benzene rings is 2. The van der Waals surface area contributed by atoms with Gasteiger partial charge < -0.3 is 14.4 Å². The van der Waals surface area contributed by atoms with E-state index in [0.29, 0.717) is 38.8 Å². The first-order chi connectivity index (χ1) is 14.3. The van der Waals surface area contributed by atoms with Gasteiger partial charge in [-0.3, -0.25) is 9.69 Å². The fourth-order valence-electron chi connectivity index (χ4n) is 2.99. The molecule has 31 heavy (non-hydrogen) atoms. The molecule has 1 aromatic heterocycles. The molecule has 3 aromatic rings. The van der Waals surface area contributed by atoms with Crippen molar-refractivity contribution in [2.45, 2.75) is 6.42 Å². The molecule has 0 atom stereocenters. The van der Waals surface area contributed by atoms with Crippen molar-refractivity contribution in [3.63, 3.8) is 0 Å². The summed E-state index contributed by atoms with van der Waals surface area (Å²) in [6.07, 6.45) is 0.777. The van der Waals surface area contributed by atoms with Crippen molar-refractivity contribution in [1.29, 1.82) is 0 Å². The van der Waals surface area contributed by atoms with E-state index in [1.807, 2.05) is 26.2 Å². The Kier molecular flexibility index (Phi) is 9.21. The minimum Gasteiger partial charge on any atom is -0.493 e. The number of hydrogen-bond acceptors (Lipinski definition) is 6. The van der Waals surface area contributed by atoms with Crippen LogP contribution in [0.4, 0.5) is 5.13 Å². The third-order valence-electron chi connectivity index (χ3n) is 4.50. The Balaban J connectivity index is 0.00000341. The van der Waals surface area contributed by atoms with Crippen LogP contribution in [0.15, 0.2) is 30.3 Å². The zero-order chi connectivity index (χ0) is 21.8. The second-order valence-corrected chi connectivity index (χ2v) is 8.76. The van der Waals surface area contributed by atoms with E-state index in [1.54, 1.807) is 37.3 Å². The van der Waals surface area contributed by atoms with E-state index in [1.165, 1.54) is 11.3 Å². The first kappa shape index (κ1) is 25.5.